The maximum Gasteiger partial charge on any atom is 0.273 e. The summed E-state index contributed by atoms with van der Waals surface area (Å²) in [6, 6.07) is 7.95. The minimum absolute atomic E-state index is 0.0394. The zero-order valence-corrected chi connectivity index (χ0v) is 23.7. The molecule has 0 aliphatic carbocycles. The van der Waals surface area contributed by atoms with E-state index < -0.39 is 42.0 Å². The van der Waals surface area contributed by atoms with Gasteiger partial charge in [-0.15, -0.1) is 0 Å². The summed E-state index contributed by atoms with van der Waals surface area (Å²) in [7, 11) is 0. The Hall–Kier alpha value is -4.23. The number of hydrogen-bond donors (Lipinski definition) is 5. The predicted molar refractivity (Wildman–Crippen MR) is 149 cm³/mol. The van der Waals surface area contributed by atoms with Crippen LogP contribution >= 0.6 is 11.6 Å². The molecule has 14 heteroatoms. The summed E-state index contributed by atoms with van der Waals surface area (Å²) in [5.74, 6) is -1.61. The van der Waals surface area contributed by atoms with Crippen molar-refractivity contribution in [2.24, 2.45) is 0 Å². The van der Waals surface area contributed by atoms with E-state index in [1.807, 2.05) is 30.3 Å². The fraction of sp³-hybridized carbons (Fsp3) is 0.429. The SMILES string of the molecule is C[C@@H](O)[C@@H]1NC(=O)c2coc(n2)[C@H](Cc2ccccc2)NC(=O)[C@@H](NC(=O)CCc2cc(Cl)no2)CCCCNC1=O. The molecule has 1 aliphatic heterocycles. The zero-order chi connectivity index (χ0) is 30.1. The van der Waals surface area contributed by atoms with Crippen LogP contribution in [0.3, 0.4) is 0 Å². The lowest BCUT2D eigenvalue weighted by molar-refractivity contribution is -0.129. The molecule has 3 aromatic rings. The summed E-state index contributed by atoms with van der Waals surface area (Å²) in [5.41, 5.74) is 0.749. The number of amides is 4. The van der Waals surface area contributed by atoms with E-state index in [-0.39, 0.29) is 48.5 Å². The number of nitrogens with zero attached hydrogens (tertiary/aromatic N) is 2. The van der Waals surface area contributed by atoms with Crippen LogP contribution in [0.15, 0.2) is 51.6 Å². The molecule has 0 saturated heterocycles. The van der Waals surface area contributed by atoms with Crippen LogP contribution in [0.4, 0.5) is 0 Å². The molecule has 1 aliphatic rings. The first-order chi connectivity index (χ1) is 20.2. The molecular weight excluding hydrogens is 568 g/mol. The van der Waals surface area contributed by atoms with Crippen LogP contribution in [0.2, 0.25) is 5.15 Å². The lowest BCUT2D eigenvalue weighted by atomic mass is 10.0. The second-order valence-corrected chi connectivity index (χ2v) is 10.4. The van der Waals surface area contributed by atoms with Crippen LogP contribution in [-0.4, -0.2) is 63.6 Å². The molecule has 0 spiro atoms. The average Bonchev–Trinajstić information content (AvgIpc) is 3.62. The molecule has 4 amide bonds. The summed E-state index contributed by atoms with van der Waals surface area (Å²) in [5, 5.41) is 24.8. The van der Waals surface area contributed by atoms with Crippen molar-refractivity contribution in [3.8, 4) is 0 Å². The Labute approximate surface area is 246 Å². The highest BCUT2D eigenvalue weighted by Gasteiger charge is 2.30. The molecule has 224 valence electrons. The van der Waals surface area contributed by atoms with Gasteiger partial charge in [0.2, 0.25) is 23.6 Å². The van der Waals surface area contributed by atoms with E-state index in [0.717, 1.165) is 11.8 Å². The molecule has 4 rings (SSSR count). The highest BCUT2D eigenvalue weighted by Crippen LogP contribution is 2.20. The molecule has 42 heavy (non-hydrogen) atoms. The van der Waals surface area contributed by atoms with E-state index in [0.29, 0.717) is 25.0 Å². The predicted octanol–water partition coefficient (Wildman–Crippen LogP) is 1.61. The Morgan fingerprint density at radius 3 is 2.67 bits per heavy atom. The quantitative estimate of drug-likeness (QED) is 0.268. The second kappa shape index (κ2) is 14.6. The first-order valence-corrected chi connectivity index (χ1v) is 14.0. The monoisotopic (exact) mass is 600 g/mol. The van der Waals surface area contributed by atoms with E-state index in [1.54, 1.807) is 0 Å². The first kappa shape index (κ1) is 30.7. The van der Waals surface area contributed by atoms with E-state index >= 15 is 0 Å². The van der Waals surface area contributed by atoms with Gasteiger partial charge in [-0.1, -0.05) is 47.1 Å². The minimum Gasteiger partial charge on any atom is -0.446 e. The molecule has 1 aromatic carbocycles. The number of carbonyl (C=O) groups excluding carboxylic acids is 4. The van der Waals surface area contributed by atoms with Crippen LogP contribution in [0.5, 0.6) is 0 Å². The molecule has 3 heterocycles. The van der Waals surface area contributed by atoms with Crippen molar-refractivity contribution in [1.82, 2.24) is 31.4 Å². The van der Waals surface area contributed by atoms with Crippen molar-refractivity contribution in [3.63, 3.8) is 0 Å². The number of benzene rings is 1. The van der Waals surface area contributed by atoms with Crippen LogP contribution < -0.4 is 21.3 Å². The number of hydrogen-bond acceptors (Lipinski definition) is 9. The molecule has 2 bridgehead atoms. The number of aliphatic hydroxyl groups excluding tert-OH is 1. The molecule has 13 nitrogen and oxygen atoms in total. The molecule has 2 aromatic heterocycles. The minimum atomic E-state index is -1.21. The fourth-order valence-corrected chi connectivity index (χ4v) is 4.62. The Morgan fingerprint density at radius 2 is 1.95 bits per heavy atom. The summed E-state index contributed by atoms with van der Waals surface area (Å²) < 4.78 is 10.7. The van der Waals surface area contributed by atoms with Crippen LogP contribution in [0, 0.1) is 0 Å². The van der Waals surface area contributed by atoms with Gasteiger partial charge in [-0.3, -0.25) is 19.2 Å². The molecule has 0 fully saturated rings. The number of halogens is 1. The second-order valence-electron chi connectivity index (χ2n) is 10.0. The van der Waals surface area contributed by atoms with Gasteiger partial charge in [0.1, 0.15) is 30.1 Å². The van der Waals surface area contributed by atoms with Gasteiger partial charge in [0.15, 0.2) is 10.8 Å². The molecule has 0 saturated carbocycles. The van der Waals surface area contributed by atoms with Gasteiger partial charge < -0.3 is 35.3 Å². The van der Waals surface area contributed by atoms with Gasteiger partial charge >= 0.3 is 0 Å². The van der Waals surface area contributed by atoms with E-state index in [4.69, 9.17) is 20.5 Å². The third kappa shape index (κ3) is 8.63. The number of rotatable bonds is 7. The standard InChI is InChI=1S/C28H33ClN6O7/c1-16(36)24-27(40)30-12-6-5-9-19(31-23(37)11-10-18-14-22(29)35-42-18)25(38)32-20(13-17-7-3-2-4-8-17)28-33-21(15-41-28)26(39)34-24/h2-4,7-8,14-16,19-20,24,36H,5-6,9-13H2,1H3,(H,30,40)(H,31,37)(H,32,38)(H,34,39)/t16-,19+,20+,24+/m1/s1. The number of carbonyl (C=O) groups is 4. The van der Waals surface area contributed by atoms with E-state index in [2.05, 4.69) is 31.4 Å². The smallest absolute Gasteiger partial charge is 0.273 e. The number of aliphatic hydroxyl groups is 1. The first-order valence-electron chi connectivity index (χ1n) is 13.7. The van der Waals surface area contributed by atoms with E-state index in [9.17, 15) is 24.3 Å². The lowest BCUT2D eigenvalue weighted by Gasteiger charge is -2.23. The molecule has 4 atom stereocenters. The number of nitrogens with one attached hydrogen (secondary N) is 4. The largest absolute Gasteiger partial charge is 0.446 e. The van der Waals surface area contributed by atoms with Crippen molar-refractivity contribution in [3.05, 3.63) is 70.7 Å². The van der Waals surface area contributed by atoms with Crippen LogP contribution in [0.25, 0.3) is 0 Å². The number of oxazole rings is 1. The highest BCUT2D eigenvalue weighted by molar-refractivity contribution is 6.29. The van der Waals surface area contributed by atoms with Gasteiger partial charge in [0, 0.05) is 31.9 Å². The summed E-state index contributed by atoms with van der Waals surface area (Å²) >= 11 is 5.77. The highest BCUT2D eigenvalue weighted by atomic mass is 35.5. The number of aryl methyl sites for hydroxylation is 1. The third-order valence-corrected chi connectivity index (χ3v) is 6.88. The van der Waals surface area contributed by atoms with Crippen LogP contribution in [0.1, 0.15) is 66.4 Å². The number of aromatic nitrogens is 2. The van der Waals surface area contributed by atoms with Crippen molar-refractivity contribution in [2.75, 3.05) is 6.54 Å². The van der Waals surface area contributed by atoms with E-state index in [1.165, 1.54) is 13.0 Å². The van der Waals surface area contributed by atoms with Crippen molar-refractivity contribution < 1.29 is 33.2 Å². The van der Waals surface area contributed by atoms with Gasteiger partial charge in [-0.2, -0.15) is 0 Å². The van der Waals surface area contributed by atoms with Crippen molar-refractivity contribution in [1.29, 1.82) is 0 Å². The molecule has 0 unspecified atom stereocenters. The third-order valence-electron chi connectivity index (χ3n) is 6.70. The maximum absolute atomic E-state index is 13.6. The average molecular weight is 601 g/mol. The Balaban J connectivity index is 1.56. The number of fused-ring (bicyclic) bond motifs is 2. The zero-order valence-electron chi connectivity index (χ0n) is 23.0. The topological polar surface area (TPSA) is 189 Å². The molecule has 0 radical (unpaired) electrons. The van der Waals surface area contributed by atoms with Gasteiger partial charge in [0.05, 0.1) is 6.10 Å². The Morgan fingerprint density at radius 1 is 1.17 bits per heavy atom. The molecule has 5 N–H and O–H groups in total. The summed E-state index contributed by atoms with van der Waals surface area (Å²) in [6.07, 6.45) is 1.78. The summed E-state index contributed by atoms with van der Waals surface area (Å²) in [6.45, 7) is 1.63. The fourth-order valence-electron chi connectivity index (χ4n) is 4.47. The van der Waals surface area contributed by atoms with Gasteiger partial charge in [-0.25, -0.2) is 4.98 Å². The van der Waals surface area contributed by atoms with Crippen molar-refractivity contribution in [2.45, 2.75) is 69.7 Å². The molecular formula is C28H33ClN6O7. The lowest BCUT2D eigenvalue weighted by Crippen LogP contribution is -2.52. The van der Waals surface area contributed by atoms with Crippen molar-refractivity contribution >= 4 is 35.2 Å². The Bertz CT molecular complexity index is 1380. The maximum atomic E-state index is 13.6. The van der Waals surface area contributed by atoms with Gasteiger partial charge in [-0.05, 0) is 31.7 Å². The van der Waals surface area contributed by atoms with Gasteiger partial charge in [0.25, 0.3) is 5.91 Å². The van der Waals surface area contributed by atoms with Crippen LogP contribution in [-0.2, 0) is 27.2 Å². The summed E-state index contributed by atoms with van der Waals surface area (Å²) in [4.78, 5) is 56.2. The normalized spacial score (nSPS) is 21.1. The Kier molecular flexibility index (Phi) is 10.7.